The first-order valence-electron chi connectivity index (χ1n) is 8.54. The van der Waals surface area contributed by atoms with E-state index in [-0.39, 0.29) is 11.7 Å². The van der Waals surface area contributed by atoms with Gasteiger partial charge in [0.1, 0.15) is 11.5 Å². The Kier molecular flexibility index (Phi) is 7.50. The maximum Gasteiger partial charge on any atom is 0.271 e. The van der Waals surface area contributed by atoms with Crippen LogP contribution in [-0.4, -0.2) is 23.8 Å². The van der Waals surface area contributed by atoms with E-state index in [1.807, 2.05) is 24.3 Å². The minimum Gasteiger partial charge on any atom is -0.508 e. The molecule has 0 aliphatic heterocycles. The molecule has 0 fully saturated rings. The van der Waals surface area contributed by atoms with Gasteiger partial charge in [0, 0.05) is 5.56 Å². The quantitative estimate of drug-likeness (QED) is 0.410. The number of aromatic hydroxyl groups is 1. The molecular weight excluding hydrogens is 316 g/mol. The van der Waals surface area contributed by atoms with E-state index in [9.17, 15) is 9.90 Å². The van der Waals surface area contributed by atoms with E-state index in [1.54, 1.807) is 6.21 Å². The van der Waals surface area contributed by atoms with Crippen molar-refractivity contribution in [1.29, 1.82) is 0 Å². The normalized spacial score (nSPS) is 10.8. The third-order valence-electron chi connectivity index (χ3n) is 3.66. The molecule has 0 unspecified atom stereocenters. The van der Waals surface area contributed by atoms with E-state index < -0.39 is 0 Å². The number of nitrogens with zero attached hydrogens (tertiary/aromatic N) is 1. The van der Waals surface area contributed by atoms with Crippen molar-refractivity contribution in [2.45, 2.75) is 32.6 Å². The molecule has 132 valence electrons. The van der Waals surface area contributed by atoms with Crippen molar-refractivity contribution in [3.63, 3.8) is 0 Å². The molecule has 0 saturated heterocycles. The maximum absolute atomic E-state index is 11.9. The Morgan fingerprint density at radius 2 is 1.80 bits per heavy atom. The second-order valence-electron chi connectivity index (χ2n) is 5.72. The molecule has 0 aromatic heterocycles. The Morgan fingerprint density at radius 3 is 2.48 bits per heavy atom. The number of hydrogen-bond donors (Lipinski definition) is 2. The SMILES string of the molecule is CCCCCCOc1ccc(C=NNC(=O)c2ccc(O)cc2)cc1. The van der Waals surface area contributed by atoms with Gasteiger partial charge in [-0.3, -0.25) is 4.79 Å². The molecule has 0 atom stereocenters. The van der Waals surface area contributed by atoms with Crippen molar-refractivity contribution < 1.29 is 14.6 Å². The Morgan fingerprint density at radius 1 is 1.08 bits per heavy atom. The Hall–Kier alpha value is -2.82. The first kappa shape index (κ1) is 18.5. The Bertz CT molecular complexity index is 679. The summed E-state index contributed by atoms with van der Waals surface area (Å²) in [7, 11) is 0. The van der Waals surface area contributed by atoms with Crippen LogP contribution >= 0.6 is 0 Å². The van der Waals surface area contributed by atoms with Gasteiger partial charge in [-0.25, -0.2) is 5.43 Å². The smallest absolute Gasteiger partial charge is 0.271 e. The minimum atomic E-state index is -0.330. The van der Waals surface area contributed by atoms with Gasteiger partial charge in [0.2, 0.25) is 0 Å². The number of ether oxygens (including phenoxy) is 1. The van der Waals surface area contributed by atoms with Crippen LogP contribution in [0.15, 0.2) is 53.6 Å². The number of phenols is 1. The first-order chi connectivity index (χ1) is 12.2. The molecule has 5 nitrogen and oxygen atoms in total. The molecule has 1 amide bonds. The summed E-state index contributed by atoms with van der Waals surface area (Å²) in [6.07, 6.45) is 6.30. The van der Waals surface area contributed by atoms with Gasteiger partial charge in [-0.2, -0.15) is 5.10 Å². The predicted molar refractivity (Wildman–Crippen MR) is 99.2 cm³/mol. The number of amides is 1. The van der Waals surface area contributed by atoms with Gasteiger partial charge in [-0.05, 0) is 60.5 Å². The number of unbranched alkanes of at least 4 members (excludes halogenated alkanes) is 3. The third kappa shape index (κ3) is 6.67. The van der Waals surface area contributed by atoms with Crippen molar-refractivity contribution in [3.05, 3.63) is 59.7 Å². The zero-order valence-corrected chi connectivity index (χ0v) is 14.4. The molecule has 2 N–H and O–H groups in total. The number of hydrazone groups is 1. The number of carbonyl (C=O) groups excluding carboxylic acids is 1. The number of hydrogen-bond acceptors (Lipinski definition) is 4. The first-order valence-corrected chi connectivity index (χ1v) is 8.54. The molecule has 2 aromatic carbocycles. The zero-order valence-electron chi connectivity index (χ0n) is 14.4. The van der Waals surface area contributed by atoms with E-state index in [0.29, 0.717) is 5.56 Å². The summed E-state index contributed by atoms with van der Waals surface area (Å²) in [5.41, 5.74) is 3.75. The standard InChI is InChI=1S/C20H24N2O3/c1-2-3-4-5-14-25-19-12-6-16(7-13-19)15-21-22-20(24)17-8-10-18(23)11-9-17/h6-13,15,23H,2-5,14H2,1H3,(H,22,24). The molecule has 2 aromatic rings. The zero-order chi connectivity index (χ0) is 17.9. The average molecular weight is 340 g/mol. The van der Waals surface area contributed by atoms with Crippen LogP contribution in [0.2, 0.25) is 0 Å². The Labute approximate surface area is 148 Å². The lowest BCUT2D eigenvalue weighted by Gasteiger charge is -2.06. The highest BCUT2D eigenvalue weighted by molar-refractivity contribution is 5.94. The molecule has 0 aliphatic carbocycles. The largest absolute Gasteiger partial charge is 0.508 e. The van der Waals surface area contributed by atoms with E-state index in [4.69, 9.17) is 4.74 Å². The highest BCUT2D eigenvalue weighted by Crippen LogP contribution is 2.12. The molecule has 0 radical (unpaired) electrons. The molecule has 0 heterocycles. The van der Waals surface area contributed by atoms with Crippen molar-refractivity contribution in [2.24, 2.45) is 5.10 Å². The van der Waals surface area contributed by atoms with Gasteiger partial charge in [0.05, 0.1) is 12.8 Å². The average Bonchev–Trinajstić information content (AvgIpc) is 2.63. The number of benzene rings is 2. The minimum absolute atomic E-state index is 0.118. The van der Waals surface area contributed by atoms with Crippen molar-refractivity contribution in [1.82, 2.24) is 5.43 Å². The van der Waals surface area contributed by atoms with E-state index in [2.05, 4.69) is 17.5 Å². The predicted octanol–water partition coefficient (Wildman–Crippen LogP) is 4.12. The van der Waals surface area contributed by atoms with Gasteiger partial charge >= 0.3 is 0 Å². The van der Waals surface area contributed by atoms with E-state index in [1.165, 1.54) is 43.5 Å². The second kappa shape index (κ2) is 10.1. The van der Waals surface area contributed by atoms with Crippen molar-refractivity contribution in [3.8, 4) is 11.5 Å². The fourth-order valence-electron chi connectivity index (χ4n) is 2.21. The summed E-state index contributed by atoms with van der Waals surface area (Å²) < 4.78 is 5.68. The number of carbonyl (C=O) groups is 1. The summed E-state index contributed by atoms with van der Waals surface area (Å²) in [6.45, 7) is 2.92. The second-order valence-corrected chi connectivity index (χ2v) is 5.72. The summed E-state index contributed by atoms with van der Waals surface area (Å²) >= 11 is 0. The maximum atomic E-state index is 11.9. The lowest BCUT2D eigenvalue weighted by Crippen LogP contribution is -2.17. The number of nitrogens with one attached hydrogen (secondary N) is 1. The molecule has 25 heavy (non-hydrogen) atoms. The highest BCUT2D eigenvalue weighted by atomic mass is 16.5. The molecule has 0 bridgehead atoms. The van der Waals surface area contributed by atoms with Crippen LogP contribution in [0.3, 0.4) is 0 Å². The van der Waals surface area contributed by atoms with Crippen LogP contribution in [-0.2, 0) is 0 Å². The molecule has 0 saturated carbocycles. The summed E-state index contributed by atoms with van der Waals surface area (Å²) in [5, 5.41) is 13.1. The fourth-order valence-corrected chi connectivity index (χ4v) is 2.21. The Balaban J connectivity index is 1.77. The molecule has 0 spiro atoms. The van der Waals surface area contributed by atoms with Crippen LogP contribution in [0.4, 0.5) is 0 Å². The van der Waals surface area contributed by atoms with Crippen LogP contribution in [0, 0.1) is 0 Å². The topological polar surface area (TPSA) is 70.9 Å². The molecule has 2 rings (SSSR count). The summed E-state index contributed by atoms with van der Waals surface area (Å²) in [4.78, 5) is 11.9. The molecule has 0 aliphatic rings. The highest BCUT2D eigenvalue weighted by Gasteiger charge is 2.03. The van der Waals surface area contributed by atoms with Crippen molar-refractivity contribution in [2.75, 3.05) is 6.61 Å². The summed E-state index contributed by atoms with van der Waals surface area (Å²) in [5.74, 6) is 0.623. The molecule has 5 heteroatoms. The monoisotopic (exact) mass is 340 g/mol. The van der Waals surface area contributed by atoms with Gasteiger partial charge < -0.3 is 9.84 Å². The van der Waals surface area contributed by atoms with E-state index in [0.717, 1.165) is 24.3 Å². The van der Waals surface area contributed by atoms with Crippen molar-refractivity contribution >= 4 is 12.1 Å². The summed E-state index contributed by atoms with van der Waals surface area (Å²) in [6, 6.07) is 13.5. The number of phenolic OH excluding ortho intramolecular Hbond substituents is 1. The fraction of sp³-hybridized carbons (Fsp3) is 0.300. The lowest BCUT2D eigenvalue weighted by atomic mass is 10.2. The molecular formula is C20H24N2O3. The van der Waals surface area contributed by atoms with Gasteiger partial charge in [-0.1, -0.05) is 26.2 Å². The van der Waals surface area contributed by atoms with Gasteiger partial charge in [-0.15, -0.1) is 0 Å². The van der Waals surface area contributed by atoms with Crippen LogP contribution in [0.25, 0.3) is 0 Å². The van der Waals surface area contributed by atoms with Gasteiger partial charge in [0.15, 0.2) is 0 Å². The number of rotatable bonds is 9. The third-order valence-corrected chi connectivity index (χ3v) is 3.66. The van der Waals surface area contributed by atoms with E-state index >= 15 is 0 Å². The lowest BCUT2D eigenvalue weighted by molar-refractivity contribution is 0.0955. The van der Waals surface area contributed by atoms with Gasteiger partial charge in [0.25, 0.3) is 5.91 Å². The van der Waals surface area contributed by atoms with Crippen LogP contribution in [0.5, 0.6) is 11.5 Å². The van der Waals surface area contributed by atoms with Crippen LogP contribution < -0.4 is 10.2 Å². The van der Waals surface area contributed by atoms with Crippen LogP contribution in [0.1, 0.15) is 48.5 Å².